The van der Waals surface area contributed by atoms with E-state index in [0.717, 1.165) is 31.8 Å². The first-order chi connectivity index (χ1) is 8.25. The van der Waals surface area contributed by atoms with Crippen LogP contribution in [0, 0.1) is 17.6 Å². The summed E-state index contributed by atoms with van der Waals surface area (Å²) < 4.78 is 25.9. The molecule has 1 saturated heterocycles. The molecule has 5 heteroatoms. The summed E-state index contributed by atoms with van der Waals surface area (Å²) in [6, 6.07) is 0.845. The smallest absolute Gasteiger partial charge is 0.168 e. The number of aromatic nitrogens is 1. The highest BCUT2D eigenvalue weighted by atomic mass is 19.1. The highest BCUT2D eigenvalue weighted by Gasteiger charge is 2.12. The van der Waals surface area contributed by atoms with E-state index < -0.39 is 11.6 Å². The van der Waals surface area contributed by atoms with Crippen LogP contribution in [0.4, 0.5) is 14.6 Å². The molecule has 3 nitrogen and oxygen atoms in total. The van der Waals surface area contributed by atoms with E-state index in [1.807, 2.05) is 0 Å². The van der Waals surface area contributed by atoms with Crippen LogP contribution in [-0.2, 0) is 0 Å². The molecule has 17 heavy (non-hydrogen) atoms. The maximum Gasteiger partial charge on any atom is 0.168 e. The van der Waals surface area contributed by atoms with Crippen molar-refractivity contribution in [3.05, 3.63) is 23.9 Å². The second-order valence-corrected chi connectivity index (χ2v) is 4.41. The fraction of sp³-hybridized carbons (Fsp3) is 0.583. The summed E-state index contributed by atoms with van der Waals surface area (Å²) in [6.07, 6.45) is 4.42. The van der Waals surface area contributed by atoms with Gasteiger partial charge in [0, 0.05) is 12.6 Å². The van der Waals surface area contributed by atoms with Gasteiger partial charge in [-0.2, -0.15) is 0 Å². The van der Waals surface area contributed by atoms with Gasteiger partial charge in [-0.05, 0) is 38.3 Å². The van der Waals surface area contributed by atoms with Gasteiger partial charge in [-0.3, -0.25) is 0 Å². The summed E-state index contributed by atoms with van der Waals surface area (Å²) in [5, 5.41) is 6.24. The van der Waals surface area contributed by atoms with Gasteiger partial charge in [-0.25, -0.2) is 13.8 Å². The number of nitrogens with zero attached hydrogens (tertiary/aromatic N) is 1. The predicted molar refractivity (Wildman–Crippen MR) is 62.9 cm³/mol. The lowest BCUT2D eigenvalue weighted by molar-refractivity contribution is 0.364. The van der Waals surface area contributed by atoms with Crippen LogP contribution in [0.1, 0.15) is 19.3 Å². The Morgan fingerprint density at radius 2 is 2.35 bits per heavy atom. The first-order valence-corrected chi connectivity index (χ1v) is 6.01. The monoisotopic (exact) mass is 241 g/mol. The normalized spacial score (nSPS) is 20.2. The van der Waals surface area contributed by atoms with Crippen LogP contribution in [0.15, 0.2) is 12.3 Å². The molecule has 0 amide bonds. The Labute approximate surface area is 99.6 Å². The Kier molecular flexibility index (Phi) is 4.25. The first-order valence-electron chi connectivity index (χ1n) is 6.01. The molecule has 1 fully saturated rings. The molecule has 2 heterocycles. The molecule has 0 spiro atoms. The number of halogens is 2. The third-order valence-electron chi connectivity index (χ3n) is 3.05. The van der Waals surface area contributed by atoms with Crippen molar-refractivity contribution >= 4 is 5.82 Å². The van der Waals surface area contributed by atoms with E-state index in [4.69, 9.17) is 0 Å². The van der Waals surface area contributed by atoms with Crippen molar-refractivity contribution < 1.29 is 8.78 Å². The average Bonchev–Trinajstić information content (AvgIpc) is 2.33. The molecule has 0 radical (unpaired) electrons. The standard InChI is InChI=1S/C12H17F2N3/c13-10-6-11(14)12(17-8-10)16-5-3-9-2-1-4-15-7-9/h6,8-9,15H,1-5,7H2,(H,16,17). The van der Waals surface area contributed by atoms with Crippen LogP contribution in [0.25, 0.3) is 0 Å². The van der Waals surface area contributed by atoms with Crippen LogP contribution in [0.2, 0.25) is 0 Å². The van der Waals surface area contributed by atoms with Crippen molar-refractivity contribution in [3.8, 4) is 0 Å². The van der Waals surface area contributed by atoms with E-state index in [1.54, 1.807) is 0 Å². The van der Waals surface area contributed by atoms with Gasteiger partial charge in [-0.15, -0.1) is 0 Å². The van der Waals surface area contributed by atoms with Gasteiger partial charge in [-0.1, -0.05) is 0 Å². The molecule has 0 aliphatic carbocycles. The summed E-state index contributed by atoms with van der Waals surface area (Å²) in [5.41, 5.74) is 0. The number of anilines is 1. The lowest BCUT2D eigenvalue weighted by Gasteiger charge is -2.22. The molecule has 0 aromatic carbocycles. The number of rotatable bonds is 4. The molecule has 1 unspecified atom stereocenters. The van der Waals surface area contributed by atoms with Crippen molar-refractivity contribution in [1.29, 1.82) is 0 Å². The topological polar surface area (TPSA) is 37.0 Å². The summed E-state index contributed by atoms with van der Waals surface area (Å²) >= 11 is 0. The van der Waals surface area contributed by atoms with Crippen molar-refractivity contribution in [3.63, 3.8) is 0 Å². The molecular formula is C12H17F2N3. The highest BCUT2D eigenvalue weighted by molar-refractivity contribution is 5.35. The van der Waals surface area contributed by atoms with Crippen molar-refractivity contribution in [1.82, 2.24) is 10.3 Å². The second kappa shape index (κ2) is 5.91. The fourth-order valence-corrected chi connectivity index (χ4v) is 2.11. The quantitative estimate of drug-likeness (QED) is 0.848. The Bertz CT molecular complexity index is 365. The lowest BCUT2D eigenvalue weighted by Crippen LogP contribution is -2.30. The number of hydrogen-bond donors (Lipinski definition) is 2. The second-order valence-electron chi connectivity index (χ2n) is 4.41. The van der Waals surface area contributed by atoms with Gasteiger partial charge >= 0.3 is 0 Å². The summed E-state index contributed by atoms with van der Waals surface area (Å²) in [4.78, 5) is 3.68. The van der Waals surface area contributed by atoms with Crippen LogP contribution in [0.3, 0.4) is 0 Å². The zero-order valence-electron chi connectivity index (χ0n) is 9.68. The van der Waals surface area contributed by atoms with E-state index in [1.165, 1.54) is 12.8 Å². The molecule has 1 aliphatic heterocycles. The minimum atomic E-state index is -0.649. The van der Waals surface area contributed by atoms with Gasteiger partial charge in [0.25, 0.3) is 0 Å². The Morgan fingerprint density at radius 3 is 3.06 bits per heavy atom. The average molecular weight is 241 g/mol. The Balaban J connectivity index is 1.77. The minimum Gasteiger partial charge on any atom is -0.368 e. The van der Waals surface area contributed by atoms with Gasteiger partial charge < -0.3 is 10.6 Å². The molecule has 1 atom stereocenters. The number of pyridine rings is 1. The van der Waals surface area contributed by atoms with Gasteiger partial charge in [0.1, 0.15) is 5.82 Å². The molecule has 94 valence electrons. The highest BCUT2D eigenvalue weighted by Crippen LogP contribution is 2.15. The van der Waals surface area contributed by atoms with Crippen LogP contribution < -0.4 is 10.6 Å². The van der Waals surface area contributed by atoms with E-state index in [9.17, 15) is 8.78 Å². The Hall–Kier alpha value is -1.23. The van der Waals surface area contributed by atoms with Crippen molar-refractivity contribution in [2.75, 3.05) is 25.0 Å². The summed E-state index contributed by atoms with van der Waals surface area (Å²) in [5.74, 6) is -0.508. The van der Waals surface area contributed by atoms with Crippen LogP contribution in [0.5, 0.6) is 0 Å². The number of hydrogen-bond acceptors (Lipinski definition) is 3. The minimum absolute atomic E-state index is 0.134. The largest absolute Gasteiger partial charge is 0.368 e. The SMILES string of the molecule is Fc1cnc(NCCC2CCCNC2)c(F)c1. The molecule has 1 aliphatic rings. The fourth-order valence-electron chi connectivity index (χ4n) is 2.11. The van der Waals surface area contributed by atoms with Gasteiger partial charge in [0.2, 0.25) is 0 Å². The molecule has 0 saturated carbocycles. The van der Waals surface area contributed by atoms with E-state index in [2.05, 4.69) is 15.6 Å². The summed E-state index contributed by atoms with van der Waals surface area (Å²) in [6.45, 7) is 2.79. The molecule has 2 rings (SSSR count). The Morgan fingerprint density at radius 1 is 1.47 bits per heavy atom. The zero-order valence-corrected chi connectivity index (χ0v) is 9.68. The van der Waals surface area contributed by atoms with Crippen molar-refractivity contribution in [2.45, 2.75) is 19.3 Å². The van der Waals surface area contributed by atoms with E-state index in [-0.39, 0.29) is 5.82 Å². The van der Waals surface area contributed by atoms with E-state index in [0.29, 0.717) is 12.5 Å². The summed E-state index contributed by atoms with van der Waals surface area (Å²) in [7, 11) is 0. The predicted octanol–water partition coefficient (Wildman–Crippen LogP) is 2.16. The molecule has 0 bridgehead atoms. The maximum atomic E-state index is 13.2. The third kappa shape index (κ3) is 3.63. The van der Waals surface area contributed by atoms with E-state index >= 15 is 0 Å². The molecule has 1 aromatic rings. The molecule has 1 aromatic heterocycles. The third-order valence-corrected chi connectivity index (χ3v) is 3.05. The maximum absolute atomic E-state index is 13.2. The van der Waals surface area contributed by atoms with Crippen LogP contribution in [-0.4, -0.2) is 24.6 Å². The van der Waals surface area contributed by atoms with Crippen molar-refractivity contribution in [2.24, 2.45) is 5.92 Å². The lowest BCUT2D eigenvalue weighted by atomic mass is 9.96. The number of piperidine rings is 1. The van der Waals surface area contributed by atoms with Crippen LogP contribution >= 0.6 is 0 Å². The number of nitrogens with one attached hydrogen (secondary N) is 2. The van der Waals surface area contributed by atoms with Gasteiger partial charge in [0.15, 0.2) is 11.6 Å². The van der Waals surface area contributed by atoms with Gasteiger partial charge in [0.05, 0.1) is 6.20 Å². The molecular weight excluding hydrogens is 224 g/mol. The zero-order chi connectivity index (χ0) is 12.1. The first kappa shape index (κ1) is 12.2. The molecule has 2 N–H and O–H groups in total.